The molecule has 0 bridgehead atoms. The van der Waals surface area contributed by atoms with Gasteiger partial charge in [-0.25, -0.2) is 0 Å². The molecule has 2 amide bonds. The van der Waals surface area contributed by atoms with Gasteiger partial charge in [0, 0.05) is 25.3 Å². The zero-order chi connectivity index (χ0) is 18.1. The largest absolute Gasteiger partial charge is 0.472 e. The van der Waals surface area contributed by atoms with E-state index < -0.39 is 0 Å². The minimum atomic E-state index is -0.134. The van der Waals surface area contributed by atoms with E-state index >= 15 is 0 Å². The van der Waals surface area contributed by atoms with Crippen LogP contribution in [0, 0.1) is 12.8 Å². The topological polar surface area (TPSA) is 53.8 Å². The summed E-state index contributed by atoms with van der Waals surface area (Å²) < 4.78 is 5.03. The number of amides is 2. The van der Waals surface area contributed by atoms with Crippen LogP contribution < -0.4 is 4.90 Å². The third kappa shape index (κ3) is 3.02. The predicted molar refractivity (Wildman–Crippen MR) is 99.2 cm³/mol. The number of furan rings is 1. The Kier molecular flexibility index (Phi) is 4.53. The summed E-state index contributed by atoms with van der Waals surface area (Å²) in [6, 6.07) is 7.93. The zero-order valence-corrected chi connectivity index (χ0v) is 15.1. The molecule has 1 atom stereocenters. The second-order valence-corrected chi connectivity index (χ2v) is 7.28. The molecule has 1 fully saturated rings. The van der Waals surface area contributed by atoms with Crippen LogP contribution in [0.3, 0.4) is 0 Å². The minimum Gasteiger partial charge on any atom is -0.472 e. The van der Waals surface area contributed by atoms with Crippen molar-refractivity contribution in [2.24, 2.45) is 5.92 Å². The SMILES string of the molecule is Cc1cccc2c1N(C(=O)C1CCCN(C(=O)c3ccoc3)C1)CCC2. The number of anilines is 1. The fourth-order valence-corrected chi connectivity index (χ4v) is 4.22. The van der Waals surface area contributed by atoms with Gasteiger partial charge >= 0.3 is 0 Å². The molecule has 1 unspecified atom stereocenters. The molecule has 3 heterocycles. The fraction of sp³-hybridized carbons (Fsp3) is 0.429. The van der Waals surface area contributed by atoms with E-state index in [9.17, 15) is 9.59 Å². The van der Waals surface area contributed by atoms with Gasteiger partial charge in [0.05, 0.1) is 17.7 Å². The average Bonchev–Trinajstić information content (AvgIpc) is 3.21. The van der Waals surface area contributed by atoms with Crippen molar-refractivity contribution in [3.05, 3.63) is 53.5 Å². The summed E-state index contributed by atoms with van der Waals surface area (Å²) in [7, 11) is 0. The second-order valence-electron chi connectivity index (χ2n) is 7.28. The summed E-state index contributed by atoms with van der Waals surface area (Å²) in [6.07, 6.45) is 6.69. The van der Waals surface area contributed by atoms with E-state index in [2.05, 4.69) is 25.1 Å². The maximum absolute atomic E-state index is 13.3. The number of fused-ring (bicyclic) bond motifs is 1. The summed E-state index contributed by atoms with van der Waals surface area (Å²) in [5, 5.41) is 0. The summed E-state index contributed by atoms with van der Waals surface area (Å²) in [5.74, 6) is -0.0263. The van der Waals surface area contributed by atoms with Crippen molar-refractivity contribution < 1.29 is 14.0 Å². The molecule has 0 aliphatic carbocycles. The Bertz CT molecular complexity index is 813. The fourth-order valence-electron chi connectivity index (χ4n) is 4.22. The number of rotatable bonds is 2. The first-order valence-electron chi connectivity index (χ1n) is 9.36. The molecular formula is C21H24N2O3. The van der Waals surface area contributed by atoms with Crippen LogP contribution in [0.1, 0.15) is 40.7 Å². The number of para-hydroxylation sites is 1. The Morgan fingerprint density at radius 1 is 1.15 bits per heavy atom. The first-order chi connectivity index (χ1) is 12.6. The number of likely N-dealkylation sites (tertiary alicyclic amines) is 1. The summed E-state index contributed by atoms with van der Waals surface area (Å²) in [4.78, 5) is 29.6. The molecule has 5 nitrogen and oxygen atoms in total. The quantitative estimate of drug-likeness (QED) is 0.832. The molecule has 0 N–H and O–H groups in total. The number of carbonyl (C=O) groups excluding carboxylic acids is 2. The highest BCUT2D eigenvalue weighted by molar-refractivity contribution is 5.98. The summed E-state index contributed by atoms with van der Waals surface area (Å²) >= 11 is 0. The van der Waals surface area contributed by atoms with Gasteiger partial charge in [-0.2, -0.15) is 0 Å². The molecule has 2 aliphatic rings. The Hall–Kier alpha value is -2.56. The first-order valence-corrected chi connectivity index (χ1v) is 9.36. The monoisotopic (exact) mass is 352 g/mol. The molecule has 0 radical (unpaired) electrons. The molecule has 1 aromatic heterocycles. The lowest BCUT2D eigenvalue weighted by Crippen LogP contribution is -2.48. The van der Waals surface area contributed by atoms with E-state index in [0.717, 1.165) is 43.5 Å². The second kappa shape index (κ2) is 6.98. The molecule has 2 aliphatic heterocycles. The number of hydrogen-bond donors (Lipinski definition) is 0. The lowest BCUT2D eigenvalue weighted by Gasteiger charge is -2.37. The molecule has 1 saturated heterocycles. The van der Waals surface area contributed by atoms with Gasteiger partial charge in [0.15, 0.2) is 0 Å². The molecule has 0 spiro atoms. The number of aryl methyl sites for hydroxylation is 2. The van der Waals surface area contributed by atoms with Gasteiger partial charge in [0.1, 0.15) is 6.26 Å². The maximum atomic E-state index is 13.3. The predicted octanol–water partition coefficient (Wildman–Crippen LogP) is 3.42. The van der Waals surface area contributed by atoms with Gasteiger partial charge in [0.2, 0.25) is 5.91 Å². The Labute approximate surface area is 153 Å². The normalized spacial score (nSPS) is 20.0. The van der Waals surface area contributed by atoms with Crippen molar-refractivity contribution in [1.82, 2.24) is 4.90 Å². The summed E-state index contributed by atoms with van der Waals surface area (Å²) in [5.41, 5.74) is 4.05. The number of carbonyl (C=O) groups is 2. The molecule has 2 aromatic rings. The molecule has 5 heteroatoms. The molecule has 26 heavy (non-hydrogen) atoms. The Morgan fingerprint density at radius 3 is 2.85 bits per heavy atom. The smallest absolute Gasteiger partial charge is 0.257 e. The lowest BCUT2D eigenvalue weighted by atomic mass is 9.92. The standard InChI is InChI=1S/C21H24N2O3/c1-15-5-2-6-16-7-4-11-23(19(15)16)21(25)17-8-3-10-22(13-17)20(24)18-9-12-26-14-18/h2,5-6,9,12,14,17H,3-4,7-8,10-11,13H2,1H3. The van der Waals surface area contributed by atoms with Crippen molar-refractivity contribution >= 4 is 17.5 Å². The van der Waals surface area contributed by atoms with E-state index in [-0.39, 0.29) is 17.7 Å². The van der Waals surface area contributed by atoms with E-state index in [0.29, 0.717) is 18.7 Å². The van der Waals surface area contributed by atoms with Crippen LogP contribution in [-0.2, 0) is 11.2 Å². The molecular weight excluding hydrogens is 328 g/mol. The van der Waals surface area contributed by atoms with E-state index in [1.165, 1.54) is 18.1 Å². The van der Waals surface area contributed by atoms with Crippen molar-refractivity contribution in [1.29, 1.82) is 0 Å². The van der Waals surface area contributed by atoms with Crippen molar-refractivity contribution in [3.63, 3.8) is 0 Å². The number of benzene rings is 1. The molecule has 136 valence electrons. The van der Waals surface area contributed by atoms with Gasteiger partial charge in [0.25, 0.3) is 5.91 Å². The summed E-state index contributed by atoms with van der Waals surface area (Å²) in [6.45, 7) is 4.02. The zero-order valence-electron chi connectivity index (χ0n) is 15.1. The highest BCUT2D eigenvalue weighted by Gasteiger charge is 2.34. The highest BCUT2D eigenvalue weighted by atomic mass is 16.3. The maximum Gasteiger partial charge on any atom is 0.257 e. The van der Waals surface area contributed by atoms with Crippen LogP contribution >= 0.6 is 0 Å². The third-order valence-corrected chi connectivity index (χ3v) is 5.51. The van der Waals surface area contributed by atoms with Gasteiger partial charge in [-0.15, -0.1) is 0 Å². The average molecular weight is 352 g/mol. The van der Waals surface area contributed by atoms with Gasteiger partial charge < -0.3 is 14.2 Å². The Balaban J connectivity index is 1.53. The van der Waals surface area contributed by atoms with Crippen LogP contribution in [0.5, 0.6) is 0 Å². The van der Waals surface area contributed by atoms with Crippen LogP contribution in [0.15, 0.2) is 41.2 Å². The van der Waals surface area contributed by atoms with E-state index in [1.54, 1.807) is 11.0 Å². The number of hydrogen-bond acceptors (Lipinski definition) is 3. The van der Waals surface area contributed by atoms with Crippen LogP contribution in [0.25, 0.3) is 0 Å². The first kappa shape index (κ1) is 16.9. The highest BCUT2D eigenvalue weighted by Crippen LogP contribution is 2.33. The molecule has 4 rings (SSSR count). The van der Waals surface area contributed by atoms with Crippen molar-refractivity contribution in [2.45, 2.75) is 32.6 Å². The Morgan fingerprint density at radius 2 is 2.04 bits per heavy atom. The minimum absolute atomic E-state index is 0.0496. The van der Waals surface area contributed by atoms with Crippen LogP contribution in [0.4, 0.5) is 5.69 Å². The van der Waals surface area contributed by atoms with Crippen molar-refractivity contribution in [3.8, 4) is 0 Å². The van der Waals surface area contributed by atoms with Gasteiger partial charge in [-0.3, -0.25) is 9.59 Å². The number of nitrogens with zero attached hydrogens (tertiary/aromatic N) is 2. The van der Waals surface area contributed by atoms with Crippen LogP contribution in [-0.4, -0.2) is 36.3 Å². The lowest BCUT2D eigenvalue weighted by molar-refractivity contribution is -0.123. The van der Waals surface area contributed by atoms with Gasteiger partial charge in [-0.05, 0) is 49.8 Å². The number of piperidine rings is 1. The van der Waals surface area contributed by atoms with Crippen LogP contribution in [0.2, 0.25) is 0 Å². The third-order valence-electron chi connectivity index (χ3n) is 5.51. The van der Waals surface area contributed by atoms with Crippen molar-refractivity contribution in [2.75, 3.05) is 24.5 Å². The van der Waals surface area contributed by atoms with E-state index in [4.69, 9.17) is 4.42 Å². The van der Waals surface area contributed by atoms with Gasteiger partial charge in [-0.1, -0.05) is 18.2 Å². The van der Waals surface area contributed by atoms with E-state index in [1.807, 2.05) is 4.90 Å². The molecule has 0 saturated carbocycles. The molecule has 1 aromatic carbocycles.